The monoisotopic (exact) mass is 641 g/mol. The second-order valence-electron chi connectivity index (χ2n) is 11.5. The van der Waals surface area contributed by atoms with Crippen molar-refractivity contribution in [2.75, 3.05) is 10.6 Å². The van der Waals surface area contributed by atoms with Crippen LogP contribution in [0.25, 0.3) is 10.9 Å². The Bertz CT molecular complexity index is 1850. The maximum absolute atomic E-state index is 13.5. The zero-order valence-electron chi connectivity index (χ0n) is 25.5. The summed E-state index contributed by atoms with van der Waals surface area (Å²) in [5.41, 5.74) is 2.60. The van der Waals surface area contributed by atoms with Crippen molar-refractivity contribution in [3.8, 4) is 5.75 Å². The van der Waals surface area contributed by atoms with Gasteiger partial charge in [-0.15, -0.1) is 0 Å². The van der Waals surface area contributed by atoms with Crippen molar-refractivity contribution in [2.45, 2.75) is 45.4 Å². The number of hydrogen-bond acceptors (Lipinski definition) is 7. The van der Waals surface area contributed by atoms with Gasteiger partial charge in [-0.25, -0.2) is 19.2 Å². The summed E-state index contributed by atoms with van der Waals surface area (Å²) in [7, 11) is 0. The summed E-state index contributed by atoms with van der Waals surface area (Å²) < 4.78 is 24.7. The third-order valence-corrected chi connectivity index (χ3v) is 6.97. The summed E-state index contributed by atoms with van der Waals surface area (Å²) in [6, 6.07) is 25.3. The van der Waals surface area contributed by atoms with Gasteiger partial charge in [0.05, 0.1) is 23.0 Å². The largest absolute Gasteiger partial charge is 0.487 e. The Morgan fingerprint density at radius 2 is 1.70 bits per heavy atom. The zero-order chi connectivity index (χ0) is 32.7. The van der Waals surface area contributed by atoms with E-state index in [0.29, 0.717) is 44.4 Å². The van der Waals surface area contributed by atoms with Crippen LogP contribution in [0.15, 0.2) is 97.3 Å². The first kappa shape index (κ1) is 32.2. The highest BCUT2D eigenvalue weighted by Crippen LogP contribution is 2.32. The van der Waals surface area contributed by atoms with Crippen LogP contribution in [-0.2, 0) is 16.1 Å². The molecular weight excluding hydrogens is 609 g/mol. The summed E-state index contributed by atoms with van der Waals surface area (Å²) in [6.45, 7) is 5.49. The first-order valence-electron chi connectivity index (χ1n) is 14.6. The fourth-order valence-corrected chi connectivity index (χ4v) is 4.87. The maximum Gasteiger partial charge on any atom is 0.408 e. The van der Waals surface area contributed by atoms with Crippen LogP contribution >= 0.6 is 11.6 Å². The van der Waals surface area contributed by atoms with Gasteiger partial charge in [0.15, 0.2) is 0 Å². The molecule has 0 fully saturated rings. The number of ether oxygens (including phenoxy) is 2. The van der Waals surface area contributed by atoms with Crippen LogP contribution in [0, 0.1) is 5.82 Å². The van der Waals surface area contributed by atoms with Crippen LogP contribution < -0.4 is 20.7 Å². The lowest BCUT2D eigenvalue weighted by atomic mass is 10.0. The molecule has 0 aliphatic rings. The summed E-state index contributed by atoms with van der Waals surface area (Å²) in [4.78, 5) is 34.5. The highest BCUT2D eigenvalue weighted by atomic mass is 35.5. The predicted molar refractivity (Wildman–Crippen MR) is 177 cm³/mol. The van der Waals surface area contributed by atoms with Gasteiger partial charge in [-0.3, -0.25) is 4.79 Å². The molecule has 3 N–H and O–H groups in total. The van der Waals surface area contributed by atoms with Gasteiger partial charge in [-0.05, 0) is 80.4 Å². The smallest absolute Gasteiger partial charge is 0.408 e. The Labute approximate surface area is 271 Å². The summed E-state index contributed by atoms with van der Waals surface area (Å²) in [5.74, 6) is 0.303. The second kappa shape index (κ2) is 14.3. The molecule has 4 aromatic carbocycles. The van der Waals surface area contributed by atoms with E-state index in [4.69, 9.17) is 21.1 Å². The molecule has 1 atom stereocenters. The van der Waals surface area contributed by atoms with E-state index < -0.39 is 17.7 Å². The number of rotatable bonds is 10. The molecule has 0 saturated carbocycles. The van der Waals surface area contributed by atoms with Crippen LogP contribution in [0.5, 0.6) is 5.75 Å². The normalized spacial score (nSPS) is 11.8. The number of halogens is 2. The minimum atomic E-state index is -0.683. The molecule has 5 aromatic rings. The van der Waals surface area contributed by atoms with Gasteiger partial charge in [-0.2, -0.15) is 0 Å². The number of amides is 2. The summed E-state index contributed by atoms with van der Waals surface area (Å²) in [5, 5.41) is 10.0. The van der Waals surface area contributed by atoms with Gasteiger partial charge < -0.3 is 25.4 Å². The minimum Gasteiger partial charge on any atom is -0.487 e. The number of benzene rings is 4. The van der Waals surface area contributed by atoms with Crippen LogP contribution in [-0.4, -0.2) is 27.6 Å². The Morgan fingerprint density at radius 3 is 2.43 bits per heavy atom. The highest BCUT2D eigenvalue weighted by molar-refractivity contribution is 6.32. The molecule has 2 amide bonds. The van der Waals surface area contributed by atoms with Crippen molar-refractivity contribution < 1.29 is 23.5 Å². The number of fused-ring (bicyclic) bond motifs is 1. The molecule has 0 saturated heterocycles. The molecule has 236 valence electrons. The number of nitrogens with one attached hydrogen (secondary N) is 3. The Kier molecular flexibility index (Phi) is 9.97. The molecule has 1 heterocycles. The van der Waals surface area contributed by atoms with Gasteiger partial charge in [0.2, 0.25) is 5.91 Å². The number of aromatic nitrogens is 2. The molecule has 46 heavy (non-hydrogen) atoms. The number of carbonyl (C=O) groups is 2. The third-order valence-electron chi connectivity index (χ3n) is 6.68. The van der Waals surface area contributed by atoms with E-state index in [9.17, 15) is 14.0 Å². The van der Waals surface area contributed by atoms with Crippen LogP contribution in [0.4, 0.5) is 26.4 Å². The van der Waals surface area contributed by atoms with Crippen molar-refractivity contribution >= 4 is 51.7 Å². The van der Waals surface area contributed by atoms with E-state index in [0.717, 1.165) is 5.56 Å². The van der Waals surface area contributed by atoms with E-state index >= 15 is 0 Å². The van der Waals surface area contributed by atoms with Crippen molar-refractivity contribution in [3.63, 3.8) is 0 Å². The van der Waals surface area contributed by atoms with Gasteiger partial charge >= 0.3 is 6.09 Å². The van der Waals surface area contributed by atoms with Crippen molar-refractivity contribution in [1.82, 2.24) is 15.3 Å². The SMILES string of the molecule is CC(C)(C)OC(=O)NC(CC(=O)Nc1ccc2ncnc(Nc3ccc(OCc4cccc(F)c4)c(Cl)c3)c2c1)c1ccccc1. The average Bonchev–Trinajstić information content (AvgIpc) is 3.00. The maximum atomic E-state index is 13.5. The summed E-state index contributed by atoms with van der Waals surface area (Å²) >= 11 is 6.49. The first-order valence-corrected chi connectivity index (χ1v) is 14.9. The Morgan fingerprint density at radius 1 is 0.913 bits per heavy atom. The molecule has 0 aliphatic heterocycles. The topological polar surface area (TPSA) is 114 Å². The lowest BCUT2D eigenvalue weighted by molar-refractivity contribution is -0.116. The fourth-order valence-electron chi connectivity index (χ4n) is 4.64. The van der Waals surface area contributed by atoms with E-state index in [1.54, 1.807) is 69.3 Å². The van der Waals surface area contributed by atoms with Crippen LogP contribution in [0.1, 0.15) is 44.4 Å². The molecule has 1 unspecified atom stereocenters. The van der Waals surface area contributed by atoms with E-state index in [1.165, 1.54) is 18.5 Å². The Balaban J connectivity index is 1.28. The number of anilines is 3. The molecule has 0 radical (unpaired) electrons. The van der Waals surface area contributed by atoms with Gasteiger partial charge in [0.1, 0.15) is 35.9 Å². The Hall–Kier alpha value is -5.22. The quantitative estimate of drug-likeness (QED) is 0.140. The molecular formula is C35H33ClFN5O4. The van der Waals surface area contributed by atoms with Crippen LogP contribution in [0.3, 0.4) is 0 Å². The van der Waals surface area contributed by atoms with Gasteiger partial charge in [0, 0.05) is 16.8 Å². The van der Waals surface area contributed by atoms with E-state index in [-0.39, 0.29) is 24.8 Å². The number of carbonyl (C=O) groups excluding carboxylic acids is 2. The zero-order valence-corrected chi connectivity index (χ0v) is 26.3. The molecule has 0 spiro atoms. The van der Waals surface area contributed by atoms with Crippen LogP contribution in [0.2, 0.25) is 5.02 Å². The standard InChI is InChI=1S/C35H33ClFN5O4/c1-35(2,3)46-34(44)42-30(23-9-5-4-6-10-23)19-32(43)40-25-12-14-29-27(17-25)33(39-21-38-29)41-26-13-15-31(28(36)18-26)45-20-22-8-7-11-24(37)16-22/h4-18,21,30H,19-20H2,1-3H3,(H,40,43)(H,42,44)(H,38,39,41). The lowest BCUT2D eigenvalue weighted by Crippen LogP contribution is -2.36. The predicted octanol–water partition coefficient (Wildman–Crippen LogP) is 8.34. The second-order valence-corrected chi connectivity index (χ2v) is 11.9. The number of hydrogen-bond donors (Lipinski definition) is 3. The molecule has 0 aliphatic carbocycles. The van der Waals surface area contributed by atoms with Crippen molar-refractivity contribution in [1.29, 1.82) is 0 Å². The van der Waals surface area contributed by atoms with Crippen molar-refractivity contribution in [3.05, 3.63) is 119 Å². The molecule has 9 nitrogen and oxygen atoms in total. The minimum absolute atomic E-state index is 0.0240. The number of nitrogens with zero attached hydrogens (tertiary/aromatic N) is 2. The third kappa shape index (κ3) is 8.92. The highest BCUT2D eigenvalue weighted by Gasteiger charge is 2.23. The number of alkyl carbamates (subject to hydrolysis) is 1. The van der Waals surface area contributed by atoms with Crippen molar-refractivity contribution in [2.24, 2.45) is 0 Å². The molecule has 1 aromatic heterocycles. The average molecular weight is 642 g/mol. The fraction of sp³-hybridized carbons (Fsp3) is 0.200. The van der Waals surface area contributed by atoms with Gasteiger partial charge in [-0.1, -0.05) is 54.1 Å². The first-order chi connectivity index (χ1) is 22.0. The van der Waals surface area contributed by atoms with E-state index in [2.05, 4.69) is 25.9 Å². The molecule has 0 bridgehead atoms. The molecule has 5 rings (SSSR count). The molecule has 11 heteroatoms. The summed E-state index contributed by atoms with van der Waals surface area (Å²) in [6.07, 6.45) is 0.802. The lowest BCUT2D eigenvalue weighted by Gasteiger charge is -2.24. The van der Waals surface area contributed by atoms with E-state index in [1.807, 2.05) is 30.3 Å². The van der Waals surface area contributed by atoms with Gasteiger partial charge in [0.25, 0.3) is 0 Å².